The average Bonchev–Trinajstić information content (AvgIpc) is 2.98. The highest BCUT2D eigenvalue weighted by Crippen LogP contribution is 2.21. The average molecular weight is 368 g/mol. The van der Waals surface area contributed by atoms with E-state index in [-0.39, 0.29) is 29.4 Å². The van der Waals surface area contributed by atoms with Gasteiger partial charge < -0.3 is 14.0 Å². The lowest BCUT2D eigenvalue weighted by molar-refractivity contribution is 0.0723. The Morgan fingerprint density at radius 2 is 1.96 bits per heavy atom. The van der Waals surface area contributed by atoms with Crippen molar-refractivity contribution in [1.29, 1.82) is 0 Å². The first kappa shape index (κ1) is 17.6. The summed E-state index contributed by atoms with van der Waals surface area (Å²) in [7, 11) is -2.17. The van der Waals surface area contributed by atoms with E-state index in [1.165, 1.54) is 39.3 Å². The molecule has 2 heterocycles. The Labute approximate surface area is 144 Å². The lowest BCUT2D eigenvalue weighted by atomic mass is 10.3. The second kappa shape index (κ2) is 6.95. The fraction of sp³-hybridized carbons (Fsp3) is 0.312. The summed E-state index contributed by atoms with van der Waals surface area (Å²) in [6, 6.07) is 6.41. The summed E-state index contributed by atoms with van der Waals surface area (Å²) in [5.41, 5.74) is 0.0519. The van der Waals surface area contributed by atoms with Crippen molar-refractivity contribution < 1.29 is 27.1 Å². The molecule has 1 aliphatic heterocycles. The van der Waals surface area contributed by atoms with Crippen molar-refractivity contribution in [1.82, 2.24) is 8.87 Å². The van der Waals surface area contributed by atoms with Gasteiger partial charge in [0.15, 0.2) is 0 Å². The van der Waals surface area contributed by atoms with Crippen LogP contribution in [0.2, 0.25) is 0 Å². The van der Waals surface area contributed by atoms with Gasteiger partial charge in [0.1, 0.15) is 22.2 Å². The molecule has 1 aromatic carbocycles. The van der Waals surface area contributed by atoms with E-state index in [2.05, 4.69) is 0 Å². The summed E-state index contributed by atoms with van der Waals surface area (Å²) in [5, 5.41) is 0. The van der Waals surface area contributed by atoms with Crippen molar-refractivity contribution in [3.05, 3.63) is 48.0 Å². The number of halogens is 1. The second-order valence-corrected chi connectivity index (χ2v) is 7.47. The van der Waals surface area contributed by atoms with Crippen LogP contribution in [0.3, 0.4) is 0 Å². The maximum absolute atomic E-state index is 13.2. The molecule has 0 saturated carbocycles. The number of rotatable bonds is 4. The monoisotopic (exact) mass is 368 g/mol. The van der Waals surface area contributed by atoms with Crippen LogP contribution in [-0.2, 0) is 21.8 Å². The number of ether oxygens (including phenoxy) is 2. The smallest absolute Gasteiger partial charge is 0.360 e. The van der Waals surface area contributed by atoms with E-state index < -0.39 is 21.8 Å². The first-order chi connectivity index (χ1) is 11.9. The van der Waals surface area contributed by atoms with Gasteiger partial charge in [0, 0.05) is 32.4 Å². The van der Waals surface area contributed by atoms with Crippen LogP contribution in [0.25, 0.3) is 0 Å². The Bertz CT molecular complexity index is 888. The van der Waals surface area contributed by atoms with Gasteiger partial charge in [-0.1, -0.05) is 6.07 Å². The fourth-order valence-corrected chi connectivity index (χ4v) is 3.98. The molecule has 0 atom stereocenters. The summed E-state index contributed by atoms with van der Waals surface area (Å²) >= 11 is 0. The summed E-state index contributed by atoms with van der Waals surface area (Å²) in [5.74, 6) is -1.26. The zero-order valence-electron chi connectivity index (χ0n) is 13.5. The number of sulfonamides is 1. The Morgan fingerprint density at radius 1 is 1.24 bits per heavy atom. The lowest BCUT2D eigenvalue weighted by Crippen LogP contribution is -2.40. The van der Waals surface area contributed by atoms with Crippen LogP contribution in [-0.4, -0.2) is 49.6 Å². The molecule has 0 N–H and O–H groups in total. The minimum Gasteiger partial charge on any atom is -0.422 e. The number of esters is 1. The third-order valence-electron chi connectivity index (χ3n) is 3.80. The zero-order chi connectivity index (χ0) is 18.0. The summed E-state index contributed by atoms with van der Waals surface area (Å²) < 4.78 is 51.4. The highest BCUT2D eigenvalue weighted by atomic mass is 32.2. The van der Waals surface area contributed by atoms with Gasteiger partial charge in [0.05, 0.1) is 13.2 Å². The molecule has 0 bridgehead atoms. The van der Waals surface area contributed by atoms with Crippen molar-refractivity contribution in [3.63, 3.8) is 0 Å². The van der Waals surface area contributed by atoms with Gasteiger partial charge in [0.25, 0.3) is 0 Å². The molecule has 3 rings (SSSR count). The number of aromatic nitrogens is 1. The second-order valence-electron chi connectivity index (χ2n) is 5.54. The maximum atomic E-state index is 13.2. The standard InChI is InChI=1S/C16H17FN2O5S/c1-18-11-14(25(21,22)19-5-7-23-8-6-19)10-15(18)16(20)24-13-4-2-3-12(17)9-13/h2-4,9-11H,5-8H2,1H3. The zero-order valence-corrected chi connectivity index (χ0v) is 14.3. The molecule has 1 saturated heterocycles. The van der Waals surface area contributed by atoms with Crippen LogP contribution < -0.4 is 4.74 Å². The number of aryl methyl sites for hydroxylation is 1. The maximum Gasteiger partial charge on any atom is 0.360 e. The highest BCUT2D eigenvalue weighted by molar-refractivity contribution is 7.89. The minimum atomic E-state index is -3.71. The molecule has 1 aliphatic rings. The SMILES string of the molecule is Cn1cc(S(=O)(=O)N2CCOCC2)cc1C(=O)Oc1cccc(F)c1. The number of carbonyl (C=O) groups is 1. The van der Waals surface area contributed by atoms with Crippen molar-refractivity contribution in [2.24, 2.45) is 7.05 Å². The Kier molecular flexibility index (Phi) is 4.89. The quantitative estimate of drug-likeness (QED) is 0.602. The molecular formula is C16H17FN2O5S. The van der Waals surface area contributed by atoms with Gasteiger partial charge in [-0.2, -0.15) is 4.31 Å². The fourth-order valence-electron chi connectivity index (χ4n) is 2.50. The van der Waals surface area contributed by atoms with E-state index in [1.807, 2.05) is 0 Å². The summed E-state index contributed by atoms with van der Waals surface area (Å²) in [6.45, 7) is 1.20. The van der Waals surface area contributed by atoms with E-state index in [1.54, 1.807) is 7.05 Å². The van der Waals surface area contributed by atoms with Gasteiger partial charge >= 0.3 is 5.97 Å². The minimum absolute atomic E-state index is 0.00286. The molecule has 0 unspecified atom stereocenters. The molecule has 7 nitrogen and oxygen atoms in total. The van der Waals surface area contributed by atoms with E-state index in [0.29, 0.717) is 13.2 Å². The Hall–Kier alpha value is -2.23. The van der Waals surface area contributed by atoms with Gasteiger partial charge in [0.2, 0.25) is 10.0 Å². The number of hydrogen-bond acceptors (Lipinski definition) is 5. The normalized spacial score (nSPS) is 15.9. The topological polar surface area (TPSA) is 77.8 Å². The van der Waals surface area contributed by atoms with Crippen molar-refractivity contribution in [2.75, 3.05) is 26.3 Å². The Morgan fingerprint density at radius 3 is 2.64 bits per heavy atom. The molecule has 25 heavy (non-hydrogen) atoms. The van der Waals surface area contributed by atoms with E-state index >= 15 is 0 Å². The van der Waals surface area contributed by atoms with Gasteiger partial charge in [-0.3, -0.25) is 0 Å². The van der Waals surface area contributed by atoms with Crippen LogP contribution in [0.4, 0.5) is 4.39 Å². The first-order valence-electron chi connectivity index (χ1n) is 7.60. The molecule has 0 spiro atoms. The van der Waals surface area contributed by atoms with Crippen LogP contribution in [0, 0.1) is 5.82 Å². The van der Waals surface area contributed by atoms with Gasteiger partial charge in [-0.05, 0) is 18.2 Å². The summed E-state index contributed by atoms with van der Waals surface area (Å²) in [6.07, 6.45) is 1.35. The first-order valence-corrected chi connectivity index (χ1v) is 9.04. The molecule has 0 aliphatic carbocycles. The number of carbonyl (C=O) groups excluding carboxylic acids is 1. The number of morpholine rings is 1. The number of hydrogen-bond donors (Lipinski definition) is 0. The molecule has 1 aromatic heterocycles. The van der Waals surface area contributed by atoms with Crippen LogP contribution in [0.1, 0.15) is 10.5 Å². The molecular weight excluding hydrogens is 351 g/mol. The van der Waals surface area contributed by atoms with Crippen LogP contribution >= 0.6 is 0 Å². The predicted octanol–water partition coefficient (Wildman–Crippen LogP) is 1.40. The third kappa shape index (κ3) is 3.73. The van der Waals surface area contributed by atoms with Crippen molar-refractivity contribution in [2.45, 2.75) is 4.90 Å². The predicted molar refractivity (Wildman–Crippen MR) is 86.3 cm³/mol. The van der Waals surface area contributed by atoms with Gasteiger partial charge in [-0.15, -0.1) is 0 Å². The number of benzene rings is 1. The van der Waals surface area contributed by atoms with Gasteiger partial charge in [-0.25, -0.2) is 17.6 Å². The molecule has 1 fully saturated rings. The van der Waals surface area contributed by atoms with Crippen molar-refractivity contribution in [3.8, 4) is 5.75 Å². The van der Waals surface area contributed by atoms with E-state index in [9.17, 15) is 17.6 Å². The third-order valence-corrected chi connectivity index (χ3v) is 5.67. The molecule has 9 heteroatoms. The summed E-state index contributed by atoms with van der Waals surface area (Å²) in [4.78, 5) is 12.3. The Balaban J connectivity index is 1.83. The molecule has 0 radical (unpaired) electrons. The van der Waals surface area contributed by atoms with Crippen LogP contribution in [0.15, 0.2) is 41.4 Å². The molecule has 0 amide bonds. The largest absolute Gasteiger partial charge is 0.422 e. The number of nitrogens with zero attached hydrogens (tertiary/aromatic N) is 2. The lowest BCUT2D eigenvalue weighted by Gasteiger charge is -2.25. The van der Waals surface area contributed by atoms with E-state index in [4.69, 9.17) is 9.47 Å². The highest BCUT2D eigenvalue weighted by Gasteiger charge is 2.29. The molecule has 2 aromatic rings. The van der Waals surface area contributed by atoms with Crippen LogP contribution in [0.5, 0.6) is 5.75 Å². The molecule has 134 valence electrons. The van der Waals surface area contributed by atoms with Crippen molar-refractivity contribution >= 4 is 16.0 Å². The van der Waals surface area contributed by atoms with E-state index in [0.717, 1.165) is 6.07 Å².